The van der Waals surface area contributed by atoms with Gasteiger partial charge in [-0.15, -0.1) is 0 Å². The number of hydrogen-bond donors (Lipinski definition) is 1. The summed E-state index contributed by atoms with van der Waals surface area (Å²) in [5.74, 6) is 1.15. The van der Waals surface area contributed by atoms with Crippen LogP contribution in [0.5, 0.6) is 0 Å². The summed E-state index contributed by atoms with van der Waals surface area (Å²) in [6.45, 7) is 4.02. The molecule has 1 N–H and O–H groups in total. The lowest BCUT2D eigenvalue weighted by Crippen LogP contribution is -2.56. The average Bonchev–Trinajstić information content (AvgIpc) is 3.09. The molecule has 1 aromatic heterocycles. The van der Waals surface area contributed by atoms with Crippen molar-refractivity contribution < 1.29 is 4.79 Å². The van der Waals surface area contributed by atoms with Crippen LogP contribution in [0.15, 0.2) is 30.6 Å². The number of H-pyrrole nitrogens is 1. The number of nitrogens with one attached hydrogen (secondary N) is 1. The van der Waals surface area contributed by atoms with E-state index in [4.69, 9.17) is 11.6 Å². The summed E-state index contributed by atoms with van der Waals surface area (Å²) in [6, 6.07) is 7.80. The Labute approximate surface area is 152 Å². The van der Waals surface area contributed by atoms with E-state index in [1.54, 1.807) is 0 Å². The van der Waals surface area contributed by atoms with Gasteiger partial charge in [0.1, 0.15) is 12.2 Å². The molecule has 0 bridgehead atoms. The van der Waals surface area contributed by atoms with Crippen molar-refractivity contribution in [3.05, 3.63) is 47.0 Å². The van der Waals surface area contributed by atoms with Crippen molar-refractivity contribution in [3.63, 3.8) is 0 Å². The molecular weight excluding hydrogens is 338 g/mol. The highest BCUT2D eigenvalue weighted by Gasteiger charge is 2.47. The third kappa shape index (κ3) is 3.16. The van der Waals surface area contributed by atoms with Crippen LogP contribution in [0.4, 0.5) is 0 Å². The van der Waals surface area contributed by atoms with Gasteiger partial charge in [-0.2, -0.15) is 5.10 Å². The lowest BCUT2D eigenvalue weighted by molar-refractivity contribution is -0.142. The molecule has 4 rings (SSSR count). The Morgan fingerprint density at radius 1 is 1.16 bits per heavy atom. The minimum atomic E-state index is -0.336. The average molecular weight is 360 g/mol. The van der Waals surface area contributed by atoms with Crippen LogP contribution >= 0.6 is 11.6 Å². The molecule has 1 aliphatic heterocycles. The molecule has 1 saturated heterocycles. The highest BCUT2D eigenvalue weighted by molar-refractivity contribution is 6.30. The third-order valence-electron chi connectivity index (χ3n) is 5.51. The van der Waals surface area contributed by atoms with E-state index in [1.807, 2.05) is 29.2 Å². The Kier molecular flexibility index (Phi) is 4.48. The number of piperazine rings is 1. The molecule has 1 saturated carbocycles. The van der Waals surface area contributed by atoms with Crippen LogP contribution in [0.25, 0.3) is 0 Å². The number of aromatic nitrogens is 3. The van der Waals surface area contributed by atoms with Crippen molar-refractivity contribution in [2.75, 3.05) is 26.2 Å². The van der Waals surface area contributed by atoms with E-state index in [0.29, 0.717) is 5.02 Å². The smallest absolute Gasteiger partial charge is 0.233 e. The number of carbonyl (C=O) groups excluding carboxylic acids is 1. The van der Waals surface area contributed by atoms with Crippen molar-refractivity contribution in [1.82, 2.24) is 25.0 Å². The largest absolute Gasteiger partial charge is 0.339 e. The summed E-state index contributed by atoms with van der Waals surface area (Å²) >= 11 is 6.01. The first-order valence-electron chi connectivity index (χ1n) is 8.79. The number of rotatable bonds is 4. The molecule has 1 aliphatic carbocycles. The molecule has 2 aliphatic rings. The SMILES string of the molecule is O=C(N1CCN(Cc2ncn[nH]2)CC1)C1(c2ccc(Cl)cc2)CCC1. The van der Waals surface area contributed by atoms with Crippen LogP contribution in [-0.4, -0.2) is 57.1 Å². The van der Waals surface area contributed by atoms with Crippen molar-refractivity contribution in [2.45, 2.75) is 31.2 Å². The number of aromatic amines is 1. The van der Waals surface area contributed by atoms with Gasteiger partial charge in [-0.05, 0) is 30.5 Å². The quantitative estimate of drug-likeness (QED) is 0.909. The van der Waals surface area contributed by atoms with Gasteiger partial charge in [0.05, 0.1) is 12.0 Å². The van der Waals surface area contributed by atoms with Crippen molar-refractivity contribution >= 4 is 17.5 Å². The molecular formula is C18H22ClN5O. The van der Waals surface area contributed by atoms with Gasteiger partial charge in [0.15, 0.2) is 0 Å². The van der Waals surface area contributed by atoms with Gasteiger partial charge in [0.2, 0.25) is 5.91 Å². The monoisotopic (exact) mass is 359 g/mol. The van der Waals surface area contributed by atoms with E-state index in [-0.39, 0.29) is 11.3 Å². The second kappa shape index (κ2) is 6.77. The molecule has 1 amide bonds. The second-order valence-electron chi connectivity index (χ2n) is 6.94. The van der Waals surface area contributed by atoms with E-state index in [9.17, 15) is 4.79 Å². The summed E-state index contributed by atoms with van der Waals surface area (Å²) in [7, 11) is 0. The van der Waals surface area contributed by atoms with Crippen LogP contribution < -0.4 is 0 Å². The number of carbonyl (C=O) groups is 1. The summed E-state index contributed by atoms with van der Waals surface area (Å²) in [6.07, 6.45) is 4.51. The Hall–Kier alpha value is -1.92. The van der Waals surface area contributed by atoms with Gasteiger partial charge >= 0.3 is 0 Å². The number of halogens is 1. The number of benzene rings is 1. The van der Waals surface area contributed by atoms with Crippen LogP contribution in [0.3, 0.4) is 0 Å². The van der Waals surface area contributed by atoms with Gasteiger partial charge < -0.3 is 4.90 Å². The molecule has 132 valence electrons. The first-order chi connectivity index (χ1) is 12.2. The first-order valence-corrected chi connectivity index (χ1v) is 9.17. The zero-order chi connectivity index (χ0) is 17.3. The minimum absolute atomic E-state index is 0.278. The molecule has 6 nitrogen and oxygen atoms in total. The van der Waals surface area contributed by atoms with Crippen LogP contribution in [-0.2, 0) is 16.8 Å². The summed E-state index contributed by atoms with van der Waals surface area (Å²) in [4.78, 5) is 21.8. The fraction of sp³-hybridized carbons (Fsp3) is 0.500. The zero-order valence-corrected chi connectivity index (χ0v) is 14.9. The lowest BCUT2D eigenvalue weighted by Gasteiger charge is -2.46. The Morgan fingerprint density at radius 3 is 2.44 bits per heavy atom. The molecule has 0 radical (unpaired) electrons. The second-order valence-corrected chi connectivity index (χ2v) is 7.38. The van der Waals surface area contributed by atoms with Gasteiger partial charge in [-0.25, -0.2) is 4.98 Å². The maximum atomic E-state index is 13.3. The Morgan fingerprint density at radius 2 is 1.88 bits per heavy atom. The molecule has 7 heteroatoms. The molecule has 0 spiro atoms. The standard InChI is InChI=1S/C18H22ClN5O/c19-15-4-2-14(3-5-15)18(6-1-7-18)17(25)24-10-8-23(9-11-24)12-16-20-13-21-22-16/h2-5,13H,1,6-12H2,(H,20,21,22). The lowest BCUT2D eigenvalue weighted by atomic mass is 9.63. The van der Waals surface area contributed by atoms with Crippen molar-refractivity contribution in [1.29, 1.82) is 0 Å². The number of amides is 1. The van der Waals surface area contributed by atoms with Gasteiger partial charge in [-0.1, -0.05) is 30.2 Å². The van der Waals surface area contributed by atoms with Crippen LogP contribution in [0.1, 0.15) is 30.7 Å². The van der Waals surface area contributed by atoms with Gasteiger partial charge in [-0.3, -0.25) is 14.8 Å². The fourth-order valence-corrected chi connectivity index (χ4v) is 3.98. The number of nitrogens with zero attached hydrogens (tertiary/aromatic N) is 4. The topological polar surface area (TPSA) is 65.1 Å². The third-order valence-corrected chi connectivity index (χ3v) is 5.76. The molecule has 2 heterocycles. The number of hydrogen-bond acceptors (Lipinski definition) is 4. The molecule has 2 aromatic rings. The zero-order valence-electron chi connectivity index (χ0n) is 14.1. The molecule has 25 heavy (non-hydrogen) atoms. The van der Waals surface area contributed by atoms with E-state index in [2.05, 4.69) is 20.1 Å². The molecule has 0 atom stereocenters. The predicted octanol–water partition coefficient (Wildman–Crippen LogP) is 2.22. The van der Waals surface area contributed by atoms with E-state index < -0.39 is 0 Å². The summed E-state index contributed by atoms with van der Waals surface area (Å²) < 4.78 is 0. The van der Waals surface area contributed by atoms with E-state index in [1.165, 1.54) is 6.33 Å². The van der Waals surface area contributed by atoms with Crippen LogP contribution in [0.2, 0.25) is 5.02 Å². The minimum Gasteiger partial charge on any atom is -0.339 e. The van der Waals surface area contributed by atoms with Gasteiger partial charge in [0, 0.05) is 31.2 Å². The Balaban J connectivity index is 1.41. The van der Waals surface area contributed by atoms with E-state index in [0.717, 1.165) is 63.4 Å². The maximum absolute atomic E-state index is 13.3. The Bertz CT molecular complexity index is 718. The van der Waals surface area contributed by atoms with Crippen molar-refractivity contribution in [2.24, 2.45) is 0 Å². The van der Waals surface area contributed by atoms with Crippen molar-refractivity contribution in [3.8, 4) is 0 Å². The molecule has 2 fully saturated rings. The first kappa shape index (κ1) is 16.5. The highest BCUT2D eigenvalue weighted by atomic mass is 35.5. The molecule has 1 aromatic carbocycles. The highest BCUT2D eigenvalue weighted by Crippen LogP contribution is 2.45. The maximum Gasteiger partial charge on any atom is 0.233 e. The van der Waals surface area contributed by atoms with Gasteiger partial charge in [0.25, 0.3) is 0 Å². The normalized spacial score (nSPS) is 20.3. The van der Waals surface area contributed by atoms with Crippen LogP contribution in [0, 0.1) is 0 Å². The fourth-order valence-electron chi connectivity index (χ4n) is 3.86. The van der Waals surface area contributed by atoms with E-state index >= 15 is 0 Å². The molecule has 0 unspecified atom stereocenters. The summed E-state index contributed by atoms with van der Waals surface area (Å²) in [5.41, 5.74) is 0.773. The summed E-state index contributed by atoms with van der Waals surface area (Å²) in [5, 5.41) is 7.49. The predicted molar refractivity (Wildman–Crippen MR) is 95.2 cm³/mol.